The van der Waals surface area contributed by atoms with Crippen LogP contribution in [0.1, 0.15) is 28.8 Å². The SMILES string of the molecule is O=C(N[C@H]1CCCN(Cc2ccccc2)C1)c1ccc(F)c(F)c1O.O=CO. The predicted octanol–water partition coefficient (Wildman–Crippen LogP) is 2.77. The number of aromatic hydroxyl groups is 1. The molecule has 2 aromatic carbocycles. The zero-order chi connectivity index (χ0) is 20.5. The Bertz CT molecular complexity index is 802. The molecule has 0 bridgehead atoms. The average molecular weight is 392 g/mol. The van der Waals surface area contributed by atoms with E-state index in [1.165, 1.54) is 5.56 Å². The number of hydrogen-bond acceptors (Lipinski definition) is 4. The van der Waals surface area contributed by atoms with E-state index in [1.807, 2.05) is 18.2 Å². The number of nitrogens with zero attached hydrogens (tertiary/aromatic N) is 1. The topological polar surface area (TPSA) is 89.9 Å². The Labute approximate surface area is 161 Å². The Morgan fingerprint density at radius 3 is 2.57 bits per heavy atom. The number of benzene rings is 2. The molecule has 150 valence electrons. The summed E-state index contributed by atoms with van der Waals surface area (Å²) < 4.78 is 26.5. The number of likely N-dealkylation sites (tertiary alicyclic amines) is 1. The molecule has 28 heavy (non-hydrogen) atoms. The molecular weight excluding hydrogens is 370 g/mol. The van der Waals surface area contributed by atoms with E-state index >= 15 is 0 Å². The Morgan fingerprint density at radius 2 is 1.89 bits per heavy atom. The normalized spacial score (nSPS) is 16.6. The second kappa shape index (κ2) is 10.4. The zero-order valence-corrected chi connectivity index (χ0v) is 15.1. The van der Waals surface area contributed by atoms with Crippen molar-refractivity contribution in [3.8, 4) is 5.75 Å². The lowest BCUT2D eigenvalue weighted by Crippen LogP contribution is -2.47. The van der Waals surface area contributed by atoms with E-state index in [0.717, 1.165) is 38.1 Å². The van der Waals surface area contributed by atoms with Gasteiger partial charge in [-0.2, -0.15) is 4.39 Å². The third kappa shape index (κ3) is 5.75. The van der Waals surface area contributed by atoms with Crippen LogP contribution < -0.4 is 5.32 Å². The fourth-order valence-corrected chi connectivity index (χ4v) is 3.14. The summed E-state index contributed by atoms with van der Waals surface area (Å²) in [5, 5.41) is 19.3. The van der Waals surface area contributed by atoms with E-state index in [0.29, 0.717) is 6.54 Å². The Morgan fingerprint density at radius 1 is 1.21 bits per heavy atom. The van der Waals surface area contributed by atoms with Gasteiger partial charge < -0.3 is 15.5 Å². The Kier molecular flexibility index (Phi) is 7.88. The van der Waals surface area contributed by atoms with Crippen molar-refractivity contribution in [2.75, 3.05) is 13.1 Å². The average Bonchev–Trinajstić information content (AvgIpc) is 2.68. The van der Waals surface area contributed by atoms with Crippen molar-refractivity contribution in [3.63, 3.8) is 0 Å². The number of phenolic OH excluding ortho intramolecular Hbond substituents is 1. The molecule has 1 aliphatic rings. The quantitative estimate of drug-likeness (QED) is 0.697. The van der Waals surface area contributed by atoms with Gasteiger partial charge in [-0.25, -0.2) is 4.39 Å². The second-order valence-corrected chi connectivity index (χ2v) is 6.40. The number of carboxylic acid groups (broad SMARTS) is 1. The molecule has 8 heteroatoms. The van der Waals surface area contributed by atoms with Crippen LogP contribution in [0.25, 0.3) is 0 Å². The van der Waals surface area contributed by atoms with Crippen LogP contribution in [0.4, 0.5) is 8.78 Å². The number of carbonyl (C=O) groups is 2. The minimum atomic E-state index is -1.40. The van der Waals surface area contributed by atoms with Gasteiger partial charge in [-0.1, -0.05) is 30.3 Å². The molecule has 1 heterocycles. The largest absolute Gasteiger partial charge is 0.504 e. The van der Waals surface area contributed by atoms with Gasteiger partial charge in [0.15, 0.2) is 11.6 Å². The van der Waals surface area contributed by atoms with Gasteiger partial charge in [-0.05, 0) is 37.1 Å². The number of nitrogens with one attached hydrogen (secondary N) is 1. The molecular formula is C20H22F2N2O4. The third-order valence-corrected chi connectivity index (χ3v) is 4.40. The summed E-state index contributed by atoms with van der Waals surface area (Å²) in [6.07, 6.45) is 1.74. The highest BCUT2D eigenvalue weighted by Gasteiger charge is 2.24. The van der Waals surface area contributed by atoms with Crippen molar-refractivity contribution >= 4 is 12.4 Å². The maximum atomic E-state index is 13.4. The van der Waals surface area contributed by atoms with Crippen molar-refractivity contribution in [3.05, 3.63) is 65.2 Å². The van der Waals surface area contributed by atoms with Crippen LogP contribution in [0.3, 0.4) is 0 Å². The van der Waals surface area contributed by atoms with Gasteiger partial charge in [0.2, 0.25) is 5.82 Å². The molecule has 6 nitrogen and oxygen atoms in total. The van der Waals surface area contributed by atoms with Crippen LogP contribution in [-0.2, 0) is 11.3 Å². The number of phenols is 1. The maximum Gasteiger partial charge on any atom is 0.290 e. The van der Waals surface area contributed by atoms with Crippen LogP contribution >= 0.6 is 0 Å². The number of piperidine rings is 1. The summed E-state index contributed by atoms with van der Waals surface area (Å²) in [4.78, 5) is 22.9. The molecule has 0 spiro atoms. The first-order chi connectivity index (χ1) is 13.5. The van der Waals surface area contributed by atoms with Crippen molar-refractivity contribution in [1.82, 2.24) is 10.2 Å². The van der Waals surface area contributed by atoms with E-state index in [1.54, 1.807) is 0 Å². The number of carbonyl (C=O) groups excluding carboxylic acids is 1. The number of rotatable bonds is 4. The molecule has 1 aliphatic heterocycles. The first kappa shape index (κ1) is 21.3. The minimum absolute atomic E-state index is 0.0996. The lowest BCUT2D eigenvalue weighted by atomic mass is 10.0. The van der Waals surface area contributed by atoms with E-state index in [-0.39, 0.29) is 18.1 Å². The molecule has 0 saturated carbocycles. The highest BCUT2D eigenvalue weighted by Crippen LogP contribution is 2.24. The first-order valence-corrected chi connectivity index (χ1v) is 8.78. The van der Waals surface area contributed by atoms with Gasteiger partial charge >= 0.3 is 0 Å². The van der Waals surface area contributed by atoms with Gasteiger partial charge in [-0.3, -0.25) is 14.5 Å². The number of hydrogen-bond donors (Lipinski definition) is 3. The molecule has 1 saturated heterocycles. The maximum absolute atomic E-state index is 13.4. The van der Waals surface area contributed by atoms with Crippen LogP contribution in [0.15, 0.2) is 42.5 Å². The van der Waals surface area contributed by atoms with E-state index in [2.05, 4.69) is 22.3 Å². The predicted molar refractivity (Wildman–Crippen MR) is 98.9 cm³/mol. The summed E-state index contributed by atoms with van der Waals surface area (Å²) in [5.74, 6) is -4.12. The standard InChI is InChI=1S/C19H20F2N2O2.CH2O2/c20-16-9-8-15(18(24)17(16)21)19(25)22-14-7-4-10-23(12-14)11-13-5-2-1-3-6-13;2-1-3/h1-3,5-6,8-9,14,24H,4,7,10-12H2,(H,22,25);1H,(H,2,3)/t14-;/m0./s1. The molecule has 0 unspecified atom stereocenters. The molecule has 2 aromatic rings. The van der Waals surface area contributed by atoms with Crippen molar-refractivity contribution in [2.45, 2.75) is 25.4 Å². The summed E-state index contributed by atoms with van der Waals surface area (Å²) in [7, 11) is 0. The van der Waals surface area contributed by atoms with E-state index in [9.17, 15) is 18.7 Å². The summed E-state index contributed by atoms with van der Waals surface area (Å²) >= 11 is 0. The Hall–Kier alpha value is -3.00. The van der Waals surface area contributed by atoms with Crippen LogP contribution in [-0.4, -0.2) is 46.6 Å². The molecule has 1 fully saturated rings. The molecule has 0 aliphatic carbocycles. The monoisotopic (exact) mass is 392 g/mol. The van der Waals surface area contributed by atoms with Crippen LogP contribution in [0.5, 0.6) is 5.75 Å². The fraction of sp³-hybridized carbons (Fsp3) is 0.300. The van der Waals surface area contributed by atoms with Gasteiger partial charge in [0.1, 0.15) is 0 Å². The van der Waals surface area contributed by atoms with Gasteiger partial charge in [-0.15, -0.1) is 0 Å². The van der Waals surface area contributed by atoms with Gasteiger partial charge in [0.05, 0.1) is 5.56 Å². The van der Waals surface area contributed by atoms with Gasteiger partial charge in [0.25, 0.3) is 12.4 Å². The lowest BCUT2D eigenvalue weighted by Gasteiger charge is -2.33. The number of halogens is 2. The van der Waals surface area contributed by atoms with Crippen LogP contribution in [0, 0.1) is 11.6 Å². The highest BCUT2D eigenvalue weighted by molar-refractivity contribution is 5.97. The van der Waals surface area contributed by atoms with Crippen molar-refractivity contribution in [2.24, 2.45) is 0 Å². The van der Waals surface area contributed by atoms with E-state index in [4.69, 9.17) is 9.90 Å². The molecule has 0 aromatic heterocycles. The van der Waals surface area contributed by atoms with Gasteiger partial charge in [0, 0.05) is 19.1 Å². The third-order valence-electron chi connectivity index (χ3n) is 4.40. The van der Waals surface area contributed by atoms with Crippen molar-refractivity contribution in [1.29, 1.82) is 0 Å². The Balaban J connectivity index is 0.000000878. The van der Waals surface area contributed by atoms with Crippen LogP contribution in [0.2, 0.25) is 0 Å². The molecule has 0 radical (unpaired) electrons. The molecule has 1 atom stereocenters. The molecule has 1 amide bonds. The highest BCUT2D eigenvalue weighted by atomic mass is 19.2. The molecule has 3 rings (SSSR count). The second-order valence-electron chi connectivity index (χ2n) is 6.40. The van der Waals surface area contributed by atoms with E-state index < -0.39 is 23.3 Å². The van der Waals surface area contributed by atoms with Crippen molar-refractivity contribution < 1.29 is 28.6 Å². The zero-order valence-electron chi connectivity index (χ0n) is 15.1. The lowest BCUT2D eigenvalue weighted by molar-refractivity contribution is -0.122. The first-order valence-electron chi connectivity index (χ1n) is 8.78. The summed E-state index contributed by atoms with van der Waals surface area (Å²) in [5.41, 5.74) is 0.951. The summed E-state index contributed by atoms with van der Waals surface area (Å²) in [6.45, 7) is 2.16. The summed E-state index contributed by atoms with van der Waals surface area (Å²) in [6, 6.07) is 11.9. The smallest absolute Gasteiger partial charge is 0.290 e. The number of amides is 1. The molecule has 3 N–H and O–H groups in total. The fourth-order valence-electron chi connectivity index (χ4n) is 3.14. The minimum Gasteiger partial charge on any atom is -0.504 e.